The van der Waals surface area contributed by atoms with E-state index < -0.39 is 10.2 Å². The van der Waals surface area contributed by atoms with Gasteiger partial charge in [-0.25, -0.2) is 18.6 Å². The van der Waals surface area contributed by atoms with E-state index in [0.717, 1.165) is 10.6 Å². The number of aromatic nitrogens is 1. The molecule has 8 nitrogen and oxygen atoms in total. The van der Waals surface area contributed by atoms with Crippen LogP contribution >= 0.6 is 11.5 Å². The molecule has 0 amide bonds. The molecule has 10 heteroatoms. The second-order valence-corrected chi connectivity index (χ2v) is 4.81. The maximum Gasteiger partial charge on any atom is 0.354 e. The minimum absolute atomic E-state index is 0.248. The smallest absolute Gasteiger partial charge is 0.258 e. The van der Waals surface area contributed by atoms with Gasteiger partial charge in [0.25, 0.3) is 5.69 Å². The summed E-state index contributed by atoms with van der Waals surface area (Å²) in [6, 6.07) is 0. The monoisotopic (exact) mass is 272 g/mol. The van der Waals surface area contributed by atoms with Crippen LogP contribution in [0, 0.1) is 34.2 Å². The average Bonchev–Trinajstić information content (AvgIpc) is 2.22. The van der Waals surface area contributed by atoms with E-state index in [0.29, 0.717) is 0 Å². The van der Waals surface area contributed by atoms with Crippen molar-refractivity contribution in [2.75, 3.05) is 0 Å². The predicted molar refractivity (Wildman–Crippen MR) is 41.6 cm³/mol. The van der Waals surface area contributed by atoms with Crippen LogP contribution in [0.3, 0.4) is 0 Å². The normalized spacial score (nSPS) is 10.7. The van der Waals surface area contributed by atoms with E-state index in [2.05, 4.69) is 0 Å². The standard InChI is InChI=1S/C6H9N2O2S.ClHO4/c1-4-6(8(9)10)5(2)11-7(4)3;2-1(3,4)5/h1-3H3;(H,2,3,4,5)/q+1;/p-1. The second-order valence-electron chi connectivity index (χ2n) is 2.71. The largest absolute Gasteiger partial charge is 0.354 e. The van der Waals surface area contributed by atoms with Crippen LogP contribution in [0.15, 0.2) is 0 Å². The van der Waals surface area contributed by atoms with Gasteiger partial charge in [-0.3, -0.25) is 10.1 Å². The molecule has 0 aliphatic carbocycles. The van der Waals surface area contributed by atoms with Crippen molar-refractivity contribution in [3.05, 3.63) is 20.7 Å². The maximum absolute atomic E-state index is 10.5. The van der Waals surface area contributed by atoms with Gasteiger partial charge < -0.3 is 0 Å². The fourth-order valence-electron chi connectivity index (χ4n) is 0.982. The molecule has 16 heavy (non-hydrogen) atoms. The third-order valence-electron chi connectivity index (χ3n) is 1.60. The molecule has 0 aliphatic heterocycles. The highest BCUT2D eigenvalue weighted by Crippen LogP contribution is 2.22. The third-order valence-corrected chi connectivity index (χ3v) is 2.62. The summed E-state index contributed by atoms with van der Waals surface area (Å²) in [4.78, 5) is 10.9. The van der Waals surface area contributed by atoms with Gasteiger partial charge in [-0.15, -0.1) is 14.2 Å². The number of rotatable bonds is 1. The third kappa shape index (κ3) is 5.30. The Labute approximate surface area is 97.0 Å². The summed E-state index contributed by atoms with van der Waals surface area (Å²) in [6.45, 7) is 3.51. The molecule has 0 unspecified atom stereocenters. The Morgan fingerprint density at radius 1 is 1.25 bits per heavy atom. The summed E-state index contributed by atoms with van der Waals surface area (Å²) in [7, 11) is -3.12. The molecule has 0 bridgehead atoms. The molecule has 1 aromatic rings. The maximum atomic E-state index is 10.5. The molecule has 1 aromatic heterocycles. The molecule has 0 N–H and O–H groups in total. The second kappa shape index (κ2) is 5.48. The van der Waals surface area contributed by atoms with Gasteiger partial charge in [0, 0.05) is 6.92 Å². The van der Waals surface area contributed by atoms with E-state index in [9.17, 15) is 10.1 Å². The number of nitrogens with zero attached hydrogens (tertiary/aromatic N) is 2. The summed E-state index contributed by atoms with van der Waals surface area (Å²) in [6.07, 6.45) is 0. The van der Waals surface area contributed by atoms with Gasteiger partial charge in [0.15, 0.2) is 11.9 Å². The van der Waals surface area contributed by atoms with E-state index in [1.807, 2.05) is 7.05 Å². The lowest BCUT2D eigenvalue weighted by molar-refractivity contribution is -2.00. The lowest BCUT2D eigenvalue weighted by Gasteiger charge is -2.17. The van der Waals surface area contributed by atoms with Crippen LogP contribution in [0.5, 0.6) is 0 Å². The Morgan fingerprint density at radius 3 is 1.75 bits per heavy atom. The van der Waals surface area contributed by atoms with Gasteiger partial charge >= 0.3 is 5.69 Å². The lowest BCUT2D eigenvalue weighted by atomic mass is 10.3. The van der Waals surface area contributed by atoms with Gasteiger partial charge in [0.2, 0.25) is 0 Å². The molecule has 0 saturated carbocycles. The highest BCUT2D eigenvalue weighted by molar-refractivity contribution is 7.02. The van der Waals surface area contributed by atoms with Crippen LogP contribution in [0.4, 0.5) is 5.69 Å². The first-order valence-corrected chi connectivity index (χ1v) is 5.77. The molecule has 92 valence electrons. The summed E-state index contributed by atoms with van der Waals surface area (Å²) in [5, 5.41) is 10.5. The zero-order valence-corrected chi connectivity index (χ0v) is 10.2. The Hall–Kier alpha value is -0.840. The van der Waals surface area contributed by atoms with Crippen LogP contribution in [0.2, 0.25) is 0 Å². The number of aryl methyl sites for hydroxylation is 2. The van der Waals surface area contributed by atoms with Crippen LogP contribution in [-0.2, 0) is 7.05 Å². The van der Waals surface area contributed by atoms with Crippen molar-refractivity contribution in [2.24, 2.45) is 7.05 Å². The molecule has 1 heterocycles. The predicted octanol–water partition coefficient (Wildman–Crippen LogP) is -3.66. The summed E-state index contributed by atoms with van der Waals surface area (Å²) in [5.74, 6) is 0. The number of hydrogen-bond acceptors (Lipinski definition) is 7. The molecule has 1 rings (SSSR count). The highest BCUT2D eigenvalue weighted by Gasteiger charge is 2.27. The summed E-state index contributed by atoms with van der Waals surface area (Å²) >= 11 is 1.40. The van der Waals surface area contributed by atoms with E-state index >= 15 is 0 Å². The Balaban J connectivity index is 0.000000385. The van der Waals surface area contributed by atoms with E-state index in [4.69, 9.17) is 18.6 Å². The molecular weight excluding hydrogens is 264 g/mol. The quantitative estimate of drug-likeness (QED) is 0.293. The van der Waals surface area contributed by atoms with Crippen LogP contribution < -0.4 is 22.6 Å². The fourth-order valence-corrected chi connectivity index (χ4v) is 1.92. The van der Waals surface area contributed by atoms with Crippen molar-refractivity contribution < 1.29 is 37.8 Å². The van der Waals surface area contributed by atoms with Gasteiger partial charge in [0.1, 0.15) is 11.5 Å². The molecule has 0 fully saturated rings. The van der Waals surface area contributed by atoms with Crippen molar-refractivity contribution in [3.63, 3.8) is 0 Å². The first kappa shape index (κ1) is 15.2. The van der Waals surface area contributed by atoms with Crippen molar-refractivity contribution in [2.45, 2.75) is 13.8 Å². The molecule has 0 aromatic carbocycles. The van der Waals surface area contributed by atoms with Gasteiger partial charge in [-0.2, -0.15) is 0 Å². The number of hydrogen-bond donors (Lipinski definition) is 0. The van der Waals surface area contributed by atoms with Crippen LogP contribution in [-0.4, -0.2) is 4.92 Å². The molecule has 0 spiro atoms. The van der Waals surface area contributed by atoms with Gasteiger partial charge in [0.05, 0.1) is 4.92 Å². The number of halogens is 1. The summed E-state index contributed by atoms with van der Waals surface area (Å²) < 4.78 is 35.8. The SMILES string of the molecule is Cc1s[n+](C)c(C)c1[N+](=O)[O-].[O-][Cl+3]([O-])([O-])[O-]. The van der Waals surface area contributed by atoms with Gasteiger partial charge in [-0.05, 0) is 6.92 Å². The first-order valence-electron chi connectivity index (χ1n) is 3.76. The van der Waals surface area contributed by atoms with Gasteiger partial charge in [-0.1, -0.05) is 0 Å². The molecule has 0 atom stereocenters. The Kier molecular flexibility index (Phi) is 5.19. The highest BCUT2D eigenvalue weighted by atomic mass is 35.7. The van der Waals surface area contributed by atoms with Crippen molar-refractivity contribution in [3.8, 4) is 0 Å². The van der Waals surface area contributed by atoms with E-state index in [1.165, 1.54) is 11.5 Å². The fraction of sp³-hybridized carbons (Fsp3) is 0.500. The van der Waals surface area contributed by atoms with E-state index in [1.54, 1.807) is 17.8 Å². The zero-order valence-electron chi connectivity index (χ0n) is 8.63. The van der Waals surface area contributed by atoms with Crippen molar-refractivity contribution in [1.82, 2.24) is 0 Å². The summed E-state index contributed by atoms with van der Waals surface area (Å²) in [5.41, 5.74) is 0.968. The van der Waals surface area contributed by atoms with Crippen molar-refractivity contribution in [1.29, 1.82) is 0 Å². The van der Waals surface area contributed by atoms with Crippen LogP contribution in [0.1, 0.15) is 10.6 Å². The molecule has 0 aliphatic rings. The van der Waals surface area contributed by atoms with E-state index in [-0.39, 0.29) is 10.6 Å². The minimum atomic E-state index is -4.94. The zero-order chi connectivity index (χ0) is 13.1. The number of nitro groups is 1. The molecule has 0 radical (unpaired) electrons. The Morgan fingerprint density at radius 2 is 1.62 bits per heavy atom. The lowest BCUT2D eigenvalue weighted by Crippen LogP contribution is -2.68. The first-order chi connectivity index (χ1) is 7.04. The minimum Gasteiger partial charge on any atom is -0.258 e. The topological polar surface area (TPSA) is 139 Å². The van der Waals surface area contributed by atoms with Crippen LogP contribution in [0.25, 0.3) is 0 Å². The Bertz CT molecular complexity index is 381. The molecule has 0 saturated heterocycles. The molecular formula is C6H9ClN2O6S. The average molecular weight is 273 g/mol. The van der Waals surface area contributed by atoms with Crippen molar-refractivity contribution >= 4 is 17.2 Å².